The average Bonchev–Trinajstić information content (AvgIpc) is 2.56. The Morgan fingerprint density at radius 3 is 2.58 bits per heavy atom. The van der Waals surface area contributed by atoms with E-state index < -0.39 is 5.54 Å². The van der Waals surface area contributed by atoms with Crippen molar-refractivity contribution in [3.8, 4) is 11.5 Å². The molecule has 0 bridgehead atoms. The lowest BCUT2D eigenvalue weighted by atomic mass is 9.93. The van der Waals surface area contributed by atoms with E-state index in [1.54, 1.807) is 18.2 Å². The van der Waals surface area contributed by atoms with Crippen LogP contribution in [0.4, 0.5) is 4.39 Å². The Morgan fingerprint density at radius 2 is 1.83 bits per heavy atom. The third-order valence-electron chi connectivity index (χ3n) is 4.02. The van der Waals surface area contributed by atoms with Gasteiger partial charge in [-0.25, -0.2) is 4.39 Å². The fourth-order valence-electron chi connectivity index (χ4n) is 2.71. The summed E-state index contributed by atoms with van der Waals surface area (Å²) >= 11 is 0. The highest BCUT2D eigenvalue weighted by molar-refractivity contribution is 5.79. The SMILES string of the molecule is CC(C)(NC(=O)Cc1ccccc1F)c1ccc2c(c1)OCCO2. The normalized spacial score (nSPS) is 13.5. The number of halogens is 1. The number of benzene rings is 2. The zero-order valence-electron chi connectivity index (χ0n) is 13.8. The minimum absolute atomic E-state index is 0.000650. The van der Waals surface area contributed by atoms with Crippen molar-refractivity contribution >= 4 is 5.91 Å². The summed E-state index contributed by atoms with van der Waals surface area (Å²) in [6, 6.07) is 11.9. The second-order valence-corrected chi connectivity index (χ2v) is 6.30. The van der Waals surface area contributed by atoms with Gasteiger partial charge in [0.05, 0.1) is 12.0 Å². The van der Waals surface area contributed by atoms with Crippen LogP contribution in [0.15, 0.2) is 42.5 Å². The number of carbonyl (C=O) groups excluding carboxylic acids is 1. The predicted molar refractivity (Wildman–Crippen MR) is 88.7 cm³/mol. The van der Waals surface area contributed by atoms with Gasteiger partial charge in [-0.2, -0.15) is 0 Å². The molecule has 0 saturated carbocycles. The first-order chi connectivity index (χ1) is 11.5. The van der Waals surface area contributed by atoms with Gasteiger partial charge in [0.15, 0.2) is 11.5 Å². The Hall–Kier alpha value is -2.56. The maximum atomic E-state index is 13.7. The number of nitrogens with one attached hydrogen (secondary N) is 1. The van der Waals surface area contributed by atoms with Gasteiger partial charge in [0.25, 0.3) is 0 Å². The molecule has 1 aliphatic rings. The molecular weight excluding hydrogens is 309 g/mol. The number of ether oxygens (including phenoxy) is 2. The number of hydrogen-bond donors (Lipinski definition) is 1. The Labute approximate surface area is 140 Å². The van der Waals surface area contributed by atoms with Crippen LogP contribution in [0.25, 0.3) is 0 Å². The van der Waals surface area contributed by atoms with Crippen molar-refractivity contribution in [1.82, 2.24) is 5.32 Å². The summed E-state index contributed by atoms with van der Waals surface area (Å²) in [6.45, 7) is 4.85. The van der Waals surface area contributed by atoms with Crippen molar-refractivity contribution in [2.75, 3.05) is 13.2 Å². The number of rotatable bonds is 4. The molecule has 1 aliphatic heterocycles. The highest BCUT2D eigenvalue weighted by Gasteiger charge is 2.25. The highest BCUT2D eigenvalue weighted by atomic mass is 19.1. The van der Waals surface area contributed by atoms with Crippen LogP contribution in [-0.4, -0.2) is 19.1 Å². The van der Waals surface area contributed by atoms with Crippen LogP contribution in [0.5, 0.6) is 11.5 Å². The quantitative estimate of drug-likeness (QED) is 0.937. The Bertz CT molecular complexity index is 758. The third-order valence-corrected chi connectivity index (χ3v) is 4.02. The van der Waals surface area contributed by atoms with Gasteiger partial charge >= 0.3 is 0 Å². The second kappa shape index (κ2) is 6.51. The Balaban J connectivity index is 1.73. The number of carbonyl (C=O) groups is 1. The molecule has 24 heavy (non-hydrogen) atoms. The van der Waals surface area contributed by atoms with Gasteiger partial charge in [-0.05, 0) is 43.2 Å². The van der Waals surface area contributed by atoms with Crippen molar-refractivity contribution < 1.29 is 18.7 Å². The summed E-state index contributed by atoms with van der Waals surface area (Å²) in [5.74, 6) is 0.776. The molecule has 0 atom stereocenters. The van der Waals surface area contributed by atoms with E-state index in [1.807, 2.05) is 32.0 Å². The topological polar surface area (TPSA) is 47.6 Å². The van der Waals surface area contributed by atoms with Crippen LogP contribution >= 0.6 is 0 Å². The van der Waals surface area contributed by atoms with Crippen LogP contribution in [0.1, 0.15) is 25.0 Å². The van der Waals surface area contributed by atoms with Crippen LogP contribution in [-0.2, 0) is 16.8 Å². The molecule has 1 N–H and O–H groups in total. The maximum Gasteiger partial charge on any atom is 0.225 e. The van der Waals surface area contributed by atoms with E-state index in [4.69, 9.17) is 9.47 Å². The number of hydrogen-bond acceptors (Lipinski definition) is 3. The molecule has 0 saturated heterocycles. The molecule has 5 heteroatoms. The number of amides is 1. The molecule has 0 aromatic heterocycles. The fraction of sp³-hybridized carbons (Fsp3) is 0.316. The van der Waals surface area contributed by atoms with Gasteiger partial charge in [0.1, 0.15) is 19.0 Å². The van der Waals surface area contributed by atoms with E-state index in [2.05, 4.69) is 5.32 Å². The molecule has 0 radical (unpaired) electrons. The van der Waals surface area contributed by atoms with E-state index >= 15 is 0 Å². The predicted octanol–water partition coefficient (Wildman–Crippen LogP) is 3.19. The third kappa shape index (κ3) is 3.50. The first kappa shape index (κ1) is 16.3. The molecule has 126 valence electrons. The molecule has 1 amide bonds. The molecule has 3 rings (SSSR count). The lowest BCUT2D eigenvalue weighted by Crippen LogP contribution is -2.41. The summed E-state index contributed by atoms with van der Waals surface area (Å²) in [7, 11) is 0. The molecular formula is C19H20FNO3. The molecule has 1 heterocycles. The van der Waals surface area contributed by atoms with Gasteiger partial charge in [-0.1, -0.05) is 24.3 Å². The smallest absolute Gasteiger partial charge is 0.225 e. The van der Waals surface area contributed by atoms with Crippen molar-refractivity contribution in [1.29, 1.82) is 0 Å². The van der Waals surface area contributed by atoms with Gasteiger partial charge in [-0.3, -0.25) is 4.79 Å². The molecule has 2 aromatic carbocycles. The van der Waals surface area contributed by atoms with E-state index in [1.165, 1.54) is 6.07 Å². The van der Waals surface area contributed by atoms with Crippen molar-refractivity contribution in [3.05, 3.63) is 59.4 Å². The average molecular weight is 329 g/mol. The van der Waals surface area contributed by atoms with Gasteiger partial charge in [-0.15, -0.1) is 0 Å². The standard InChI is InChI=1S/C19H20FNO3/c1-19(2,14-7-8-16-17(12-14)24-10-9-23-16)21-18(22)11-13-5-3-4-6-15(13)20/h3-8,12H,9-11H2,1-2H3,(H,21,22). The zero-order valence-corrected chi connectivity index (χ0v) is 13.8. The summed E-state index contributed by atoms with van der Waals surface area (Å²) in [4.78, 5) is 12.3. The van der Waals surface area contributed by atoms with Gasteiger partial charge in [0.2, 0.25) is 5.91 Å². The Kier molecular flexibility index (Phi) is 4.42. The monoisotopic (exact) mass is 329 g/mol. The molecule has 0 aliphatic carbocycles. The van der Waals surface area contributed by atoms with Crippen LogP contribution in [0, 0.1) is 5.82 Å². The largest absolute Gasteiger partial charge is 0.486 e. The van der Waals surface area contributed by atoms with E-state index in [0.29, 0.717) is 30.3 Å². The molecule has 0 unspecified atom stereocenters. The Morgan fingerprint density at radius 1 is 1.12 bits per heavy atom. The minimum Gasteiger partial charge on any atom is -0.486 e. The van der Waals surface area contributed by atoms with E-state index in [0.717, 1.165) is 5.56 Å². The first-order valence-electron chi connectivity index (χ1n) is 7.90. The molecule has 2 aromatic rings. The molecule has 0 spiro atoms. The zero-order chi connectivity index (χ0) is 17.2. The first-order valence-corrected chi connectivity index (χ1v) is 7.90. The van der Waals surface area contributed by atoms with Crippen molar-refractivity contribution in [3.63, 3.8) is 0 Å². The van der Waals surface area contributed by atoms with E-state index in [9.17, 15) is 9.18 Å². The highest BCUT2D eigenvalue weighted by Crippen LogP contribution is 2.34. The van der Waals surface area contributed by atoms with Crippen LogP contribution in [0.3, 0.4) is 0 Å². The number of fused-ring (bicyclic) bond motifs is 1. The molecule has 4 nitrogen and oxygen atoms in total. The fourth-order valence-corrected chi connectivity index (χ4v) is 2.71. The van der Waals surface area contributed by atoms with Crippen molar-refractivity contribution in [2.24, 2.45) is 0 Å². The summed E-state index contributed by atoms with van der Waals surface area (Å²) in [5.41, 5.74) is 0.666. The van der Waals surface area contributed by atoms with Crippen LogP contribution in [0.2, 0.25) is 0 Å². The van der Waals surface area contributed by atoms with E-state index in [-0.39, 0.29) is 18.1 Å². The summed E-state index contributed by atoms with van der Waals surface area (Å²) in [5, 5.41) is 2.95. The second-order valence-electron chi connectivity index (χ2n) is 6.30. The minimum atomic E-state index is -0.613. The van der Waals surface area contributed by atoms with Crippen molar-refractivity contribution in [2.45, 2.75) is 25.8 Å². The van der Waals surface area contributed by atoms with Crippen LogP contribution < -0.4 is 14.8 Å². The lowest BCUT2D eigenvalue weighted by molar-refractivity contribution is -0.122. The lowest BCUT2D eigenvalue weighted by Gasteiger charge is -2.29. The van der Waals surface area contributed by atoms with Gasteiger partial charge in [0, 0.05) is 0 Å². The maximum absolute atomic E-state index is 13.7. The summed E-state index contributed by atoms with van der Waals surface area (Å²) < 4.78 is 24.8. The summed E-state index contributed by atoms with van der Waals surface area (Å²) in [6.07, 6.45) is 0.000650. The molecule has 0 fully saturated rings. The van der Waals surface area contributed by atoms with Gasteiger partial charge < -0.3 is 14.8 Å².